The second-order valence-corrected chi connectivity index (χ2v) is 12.4. The number of alkyl carbamates (subject to hydrolysis) is 1. The van der Waals surface area contributed by atoms with Crippen LogP contribution in [0.2, 0.25) is 0 Å². The van der Waals surface area contributed by atoms with Crippen LogP contribution in [-0.2, 0) is 35.0 Å². The smallest absolute Gasteiger partial charge is 0.408 e. The number of esters is 1. The summed E-state index contributed by atoms with van der Waals surface area (Å²) in [5, 5.41) is 15.3. The first-order valence-corrected chi connectivity index (χ1v) is 15.8. The minimum Gasteiger partial charge on any atom is -0.471 e. The number of nitrogens with one attached hydrogen (secondary N) is 2. The van der Waals surface area contributed by atoms with Gasteiger partial charge in [-0.25, -0.2) is 9.59 Å². The fraction of sp³-hybridized carbons (Fsp3) is 0.351. The fourth-order valence-electron chi connectivity index (χ4n) is 5.29. The lowest BCUT2D eigenvalue weighted by atomic mass is 9.96. The van der Waals surface area contributed by atoms with E-state index in [1.54, 1.807) is 20.8 Å². The van der Waals surface area contributed by atoms with E-state index in [1.807, 2.05) is 91.0 Å². The highest BCUT2D eigenvalue weighted by Gasteiger charge is 2.45. The number of aliphatic hydroxyl groups excluding tert-OH is 1. The average molecular weight is 658 g/mol. The average Bonchev–Trinajstić information content (AvgIpc) is 3.06. The Hall–Kier alpha value is -5.16. The van der Waals surface area contributed by atoms with Gasteiger partial charge in [-0.3, -0.25) is 9.59 Å². The Morgan fingerprint density at radius 2 is 1.42 bits per heavy atom. The molecule has 0 saturated carbocycles. The van der Waals surface area contributed by atoms with Crippen molar-refractivity contribution >= 4 is 23.9 Å². The summed E-state index contributed by atoms with van der Waals surface area (Å²) in [6, 6.07) is 25.6. The Balaban J connectivity index is 1.70. The zero-order chi connectivity index (χ0) is 34.7. The van der Waals surface area contributed by atoms with Gasteiger partial charge in [-0.2, -0.15) is 0 Å². The molecule has 3 atom stereocenters. The van der Waals surface area contributed by atoms with Crippen LogP contribution >= 0.6 is 0 Å². The Bertz CT molecular complexity index is 1520. The third-order valence-electron chi connectivity index (χ3n) is 7.42. The maximum absolute atomic E-state index is 14.2. The molecule has 1 aliphatic rings. The number of amides is 3. The third kappa shape index (κ3) is 10.2. The minimum absolute atomic E-state index is 0.0317. The lowest BCUT2D eigenvalue weighted by Crippen LogP contribution is -2.63. The Morgan fingerprint density at radius 1 is 0.854 bits per heavy atom. The van der Waals surface area contributed by atoms with Crippen LogP contribution in [0.1, 0.15) is 50.5 Å². The SMILES string of the molecule is CC(=O)N[C@@H]1[C@@H](NC(=O)OC(C)(C)C)C=C(C(=O)OC(c2ccccc2)c2ccccc2)O[C@H]1C(=O)N(CCO)CCc1ccccc1. The van der Waals surface area contributed by atoms with Gasteiger partial charge in [0.15, 0.2) is 12.2 Å². The fourth-order valence-corrected chi connectivity index (χ4v) is 5.29. The van der Waals surface area contributed by atoms with Crippen LogP contribution < -0.4 is 10.6 Å². The molecule has 0 aromatic heterocycles. The second-order valence-electron chi connectivity index (χ2n) is 12.4. The molecule has 0 unspecified atom stereocenters. The zero-order valence-corrected chi connectivity index (χ0v) is 27.6. The van der Waals surface area contributed by atoms with Crippen LogP contribution in [0.25, 0.3) is 0 Å². The molecule has 48 heavy (non-hydrogen) atoms. The molecule has 11 heteroatoms. The summed E-state index contributed by atoms with van der Waals surface area (Å²) in [6.45, 7) is 6.20. The first-order valence-electron chi connectivity index (χ1n) is 15.8. The number of nitrogens with zero attached hydrogens (tertiary/aromatic N) is 1. The second kappa shape index (κ2) is 16.6. The molecule has 11 nitrogen and oxygen atoms in total. The molecule has 3 N–H and O–H groups in total. The molecule has 3 aromatic rings. The summed E-state index contributed by atoms with van der Waals surface area (Å²) in [5.74, 6) is -2.32. The van der Waals surface area contributed by atoms with Gasteiger partial charge in [0, 0.05) is 20.0 Å². The summed E-state index contributed by atoms with van der Waals surface area (Å²) in [6.07, 6.45) is -1.34. The van der Waals surface area contributed by atoms with Crippen molar-refractivity contribution in [1.29, 1.82) is 0 Å². The monoisotopic (exact) mass is 657 g/mol. The van der Waals surface area contributed by atoms with Crippen LogP contribution in [0, 0.1) is 0 Å². The number of aliphatic hydroxyl groups is 1. The highest BCUT2D eigenvalue weighted by Crippen LogP contribution is 2.29. The molecule has 0 fully saturated rings. The van der Waals surface area contributed by atoms with Crippen LogP contribution in [0.4, 0.5) is 4.79 Å². The molecular weight excluding hydrogens is 614 g/mol. The van der Waals surface area contributed by atoms with Crippen molar-refractivity contribution in [3.63, 3.8) is 0 Å². The quantitative estimate of drug-likeness (QED) is 0.248. The van der Waals surface area contributed by atoms with E-state index in [1.165, 1.54) is 17.9 Å². The van der Waals surface area contributed by atoms with Crippen LogP contribution in [0.15, 0.2) is 103 Å². The van der Waals surface area contributed by atoms with Gasteiger partial charge in [0.25, 0.3) is 5.91 Å². The molecule has 4 rings (SSSR count). The third-order valence-corrected chi connectivity index (χ3v) is 7.42. The van der Waals surface area contributed by atoms with Gasteiger partial charge >= 0.3 is 12.1 Å². The molecule has 0 aliphatic carbocycles. The predicted molar refractivity (Wildman–Crippen MR) is 178 cm³/mol. The standard InChI is InChI=1S/C37H43N3O8/c1-25(42)38-31-29(39-36(45)48-37(2,3)4)24-30(35(44)47-32(27-16-10-6-11-17-27)28-18-12-7-13-19-28)46-33(31)34(43)40(22-23-41)21-20-26-14-8-5-9-15-26/h5-19,24,29,31-33,41H,20-23H2,1-4H3,(H,38,42)(H,39,45)/t29-,31+,33+/m0/s1. The molecular formula is C37H43N3O8. The molecule has 0 spiro atoms. The van der Waals surface area contributed by atoms with E-state index in [9.17, 15) is 24.3 Å². The minimum atomic E-state index is -1.48. The van der Waals surface area contributed by atoms with Gasteiger partial charge in [0.05, 0.1) is 18.7 Å². The number of carbonyl (C=O) groups excluding carboxylic acids is 4. The number of hydrogen-bond donors (Lipinski definition) is 3. The van der Waals surface area contributed by atoms with Crippen LogP contribution in [0.3, 0.4) is 0 Å². The summed E-state index contributed by atoms with van der Waals surface area (Å²) in [5.41, 5.74) is 1.52. The van der Waals surface area contributed by atoms with Gasteiger partial charge in [-0.05, 0) is 50.0 Å². The van der Waals surface area contributed by atoms with E-state index >= 15 is 0 Å². The highest BCUT2D eigenvalue weighted by molar-refractivity contribution is 5.90. The topological polar surface area (TPSA) is 144 Å². The summed E-state index contributed by atoms with van der Waals surface area (Å²) >= 11 is 0. The first-order chi connectivity index (χ1) is 22.9. The van der Waals surface area contributed by atoms with E-state index in [2.05, 4.69) is 10.6 Å². The van der Waals surface area contributed by atoms with Gasteiger partial charge in [-0.1, -0.05) is 91.0 Å². The Morgan fingerprint density at radius 3 is 1.94 bits per heavy atom. The van der Waals surface area contributed by atoms with E-state index in [0.717, 1.165) is 5.56 Å². The van der Waals surface area contributed by atoms with Crippen molar-refractivity contribution in [2.75, 3.05) is 19.7 Å². The first kappa shape index (κ1) is 35.7. The van der Waals surface area contributed by atoms with Gasteiger partial charge in [0.2, 0.25) is 11.7 Å². The zero-order valence-electron chi connectivity index (χ0n) is 27.6. The van der Waals surface area contributed by atoms with E-state index in [4.69, 9.17) is 14.2 Å². The maximum Gasteiger partial charge on any atom is 0.408 e. The van der Waals surface area contributed by atoms with Crippen molar-refractivity contribution in [2.45, 2.75) is 64.0 Å². The number of benzene rings is 3. The number of rotatable bonds is 12. The van der Waals surface area contributed by atoms with Gasteiger partial charge in [-0.15, -0.1) is 0 Å². The molecule has 0 bridgehead atoms. The molecule has 254 valence electrons. The number of hydrogen-bond acceptors (Lipinski definition) is 8. The van der Waals surface area contributed by atoms with E-state index in [-0.39, 0.29) is 25.5 Å². The van der Waals surface area contributed by atoms with Crippen molar-refractivity contribution in [3.05, 3.63) is 120 Å². The largest absolute Gasteiger partial charge is 0.471 e. The number of carbonyl (C=O) groups is 4. The molecule has 3 amide bonds. The van der Waals surface area contributed by atoms with E-state index < -0.39 is 53.8 Å². The summed E-state index contributed by atoms with van der Waals surface area (Å²) in [7, 11) is 0. The molecule has 3 aromatic carbocycles. The van der Waals surface area contributed by atoms with Crippen molar-refractivity contribution in [3.8, 4) is 0 Å². The predicted octanol–water partition coefficient (Wildman–Crippen LogP) is 4.06. The lowest BCUT2D eigenvalue weighted by Gasteiger charge is -2.39. The molecule has 1 heterocycles. The van der Waals surface area contributed by atoms with Gasteiger partial charge < -0.3 is 34.9 Å². The van der Waals surface area contributed by atoms with Crippen molar-refractivity contribution in [1.82, 2.24) is 15.5 Å². The number of ether oxygens (including phenoxy) is 3. The van der Waals surface area contributed by atoms with Crippen LogP contribution in [0.5, 0.6) is 0 Å². The Kier molecular flexibility index (Phi) is 12.3. The van der Waals surface area contributed by atoms with Crippen molar-refractivity contribution < 1.29 is 38.5 Å². The van der Waals surface area contributed by atoms with E-state index in [0.29, 0.717) is 17.5 Å². The maximum atomic E-state index is 14.2. The molecule has 0 radical (unpaired) electrons. The normalized spacial score (nSPS) is 17.4. The van der Waals surface area contributed by atoms with Crippen molar-refractivity contribution in [2.24, 2.45) is 0 Å². The lowest BCUT2D eigenvalue weighted by molar-refractivity contribution is -0.155. The Labute approximate surface area is 280 Å². The van der Waals surface area contributed by atoms with Gasteiger partial charge in [0.1, 0.15) is 5.60 Å². The highest BCUT2D eigenvalue weighted by atomic mass is 16.6. The molecule has 1 aliphatic heterocycles. The summed E-state index contributed by atoms with van der Waals surface area (Å²) < 4.78 is 17.6. The summed E-state index contributed by atoms with van der Waals surface area (Å²) in [4.78, 5) is 54.9. The van der Waals surface area contributed by atoms with Crippen LogP contribution in [-0.4, -0.2) is 77.4 Å². The molecule has 0 saturated heterocycles.